The smallest absolute Gasteiger partial charge is 0.310 e. The predicted octanol–water partition coefficient (Wildman–Crippen LogP) is 2.61. The van der Waals surface area contributed by atoms with E-state index in [4.69, 9.17) is 14.6 Å². The van der Waals surface area contributed by atoms with Crippen LogP contribution in [-0.4, -0.2) is 31.6 Å². The van der Waals surface area contributed by atoms with Gasteiger partial charge in [0.05, 0.1) is 20.1 Å². The monoisotopic (exact) mass is 256 g/mol. The van der Waals surface area contributed by atoms with Crippen LogP contribution in [0.25, 0.3) is 0 Å². The van der Waals surface area contributed by atoms with Crippen molar-refractivity contribution in [3.8, 4) is 11.5 Å². The molecule has 0 fully saturated rings. The van der Waals surface area contributed by atoms with E-state index in [0.29, 0.717) is 11.5 Å². The summed E-state index contributed by atoms with van der Waals surface area (Å²) in [5.41, 5.74) is 0.739. The first-order chi connectivity index (χ1) is 8.04. The summed E-state index contributed by atoms with van der Waals surface area (Å²) in [6, 6.07) is 3.53. The van der Waals surface area contributed by atoms with E-state index in [1.165, 1.54) is 18.9 Å². The van der Waals surface area contributed by atoms with Gasteiger partial charge >= 0.3 is 5.97 Å². The molecule has 0 aromatic heterocycles. The Kier molecular flexibility index (Phi) is 4.69. The summed E-state index contributed by atoms with van der Waals surface area (Å²) >= 11 is 1.49. The first-order valence-corrected chi connectivity index (χ1v) is 6.30. The highest BCUT2D eigenvalue weighted by Crippen LogP contribution is 2.37. The third-order valence-electron chi connectivity index (χ3n) is 2.57. The molecule has 0 saturated heterocycles. The number of carboxylic acids is 1. The number of ether oxygens (including phenoxy) is 2. The minimum Gasteiger partial charge on any atom is -0.493 e. The quantitative estimate of drug-likeness (QED) is 0.821. The summed E-state index contributed by atoms with van der Waals surface area (Å²) in [6.07, 6.45) is 1.90. The van der Waals surface area contributed by atoms with E-state index >= 15 is 0 Å². The molecule has 17 heavy (non-hydrogen) atoms. The van der Waals surface area contributed by atoms with Gasteiger partial charge in [-0.15, -0.1) is 11.8 Å². The van der Waals surface area contributed by atoms with Crippen LogP contribution in [0.3, 0.4) is 0 Å². The summed E-state index contributed by atoms with van der Waals surface area (Å²) in [7, 11) is 3.09. The molecule has 0 bridgehead atoms. The van der Waals surface area contributed by atoms with E-state index in [-0.39, 0.29) is 0 Å². The van der Waals surface area contributed by atoms with Crippen LogP contribution < -0.4 is 9.47 Å². The largest absolute Gasteiger partial charge is 0.493 e. The van der Waals surface area contributed by atoms with Crippen molar-refractivity contribution < 1.29 is 19.4 Å². The number of aliphatic carboxylic acids is 1. The third kappa shape index (κ3) is 2.85. The molecule has 0 aliphatic carbocycles. The fourth-order valence-electron chi connectivity index (χ4n) is 1.52. The molecule has 0 saturated carbocycles. The molecule has 4 nitrogen and oxygen atoms in total. The number of hydrogen-bond acceptors (Lipinski definition) is 4. The van der Waals surface area contributed by atoms with Gasteiger partial charge in [0.15, 0.2) is 11.5 Å². The Hall–Kier alpha value is -1.36. The average molecular weight is 256 g/mol. The summed E-state index contributed by atoms with van der Waals surface area (Å²) in [6.45, 7) is 1.66. The number of hydrogen-bond donors (Lipinski definition) is 1. The van der Waals surface area contributed by atoms with Crippen molar-refractivity contribution in [1.29, 1.82) is 0 Å². The van der Waals surface area contributed by atoms with Crippen LogP contribution in [0, 0.1) is 0 Å². The fraction of sp³-hybridized carbons (Fsp3) is 0.417. The van der Waals surface area contributed by atoms with Crippen LogP contribution in [0.1, 0.15) is 18.4 Å². The third-order valence-corrected chi connectivity index (χ3v) is 3.37. The Balaban J connectivity index is 3.33. The van der Waals surface area contributed by atoms with Crippen LogP contribution in [0.5, 0.6) is 11.5 Å². The van der Waals surface area contributed by atoms with Crippen LogP contribution in [0.15, 0.2) is 17.0 Å². The minimum absolute atomic E-state index is 0.549. The molecule has 1 aromatic rings. The van der Waals surface area contributed by atoms with E-state index in [9.17, 15) is 4.79 Å². The highest BCUT2D eigenvalue weighted by Gasteiger charge is 2.20. The van der Waals surface area contributed by atoms with E-state index in [1.807, 2.05) is 6.26 Å². The van der Waals surface area contributed by atoms with Crippen molar-refractivity contribution in [2.45, 2.75) is 17.7 Å². The first-order valence-electron chi connectivity index (χ1n) is 5.07. The molecule has 0 aliphatic heterocycles. The van der Waals surface area contributed by atoms with Crippen molar-refractivity contribution in [1.82, 2.24) is 0 Å². The van der Waals surface area contributed by atoms with Crippen molar-refractivity contribution in [3.63, 3.8) is 0 Å². The summed E-state index contributed by atoms with van der Waals surface area (Å²) in [5, 5.41) is 9.06. The lowest BCUT2D eigenvalue weighted by molar-refractivity contribution is -0.138. The normalized spacial score (nSPS) is 12.0. The lowest BCUT2D eigenvalue weighted by atomic mass is 10.0. The number of benzene rings is 1. The molecule has 1 N–H and O–H groups in total. The summed E-state index contributed by atoms with van der Waals surface area (Å²) < 4.78 is 10.4. The maximum absolute atomic E-state index is 11.0. The van der Waals surface area contributed by atoms with E-state index in [1.54, 1.807) is 26.2 Å². The Labute approximate surface area is 105 Å². The van der Waals surface area contributed by atoms with Crippen LogP contribution in [0.4, 0.5) is 0 Å². The molecule has 0 aliphatic rings. The molecule has 5 heteroatoms. The Morgan fingerprint density at radius 3 is 2.24 bits per heavy atom. The van der Waals surface area contributed by atoms with Crippen LogP contribution in [0.2, 0.25) is 0 Å². The van der Waals surface area contributed by atoms with Gasteiger partial charge in [-0.05, 0) is 30.9 Å². The van der Waals surface area contributed by atoms with E-state index < -0.39 is 11.9 Å². The second-order valence-corrected chi connectivity index (χ2v) is 4.36. The van der Waals surface area contributed by atoms with Gasteiger partial charge in [-0.1, -0.05) is 0 Å². The van der Waals surface area contributed by atoms with Gasteiger partial charge in [0.25, 0.3) is 0 Å². The molecule has 0 heterocycles. The summed E-state index contributed by atoms with van der Waals surface area (Å²) in [4.78, 5) is 11.9. The van der Waals surface area contributed by atoms with Crippen molar-refractivity contribution in [2.75, 3.05) is 20.5 Å². The van der Waals surface area contributed by atoms with Crippen LogP contribution >= 0.6 is 11.8 Å². The zero-order chi connectivity index (χ0) is 13.0. The second kappa shape index (κ2) is 5.82. The van der Waals surface area contributed by atoms with Gasteiger partial charge in [0, 0.05) is 4.90 Å². The molecule has 1 atom stereocenters. The Morgan fingerprint density at radius 2 is 1.82 bits per heavy atom. The number of carboxylic acid groups (broad SMARTS) is 1. The minimum atomic E-state index is -0.854. The van der Waals surface area contributed by atoms with Gasteiger partial charge in [-0.2, -0.15) is 0 Å². The number of rotatable bonds is 5. The molecule has 0 amide bonds. The van der Waals surface area contributed by atoms with E-state index in [2.05, 4.69) is 0 Å². The standard InChI is InChI=1S/C12H16O4S/c1-7(12(13)14)8-5-9(15-2)10(16-3)6-11(8)17-4/h5-7H,1-4H3,(H,13,14). The fourth-order valence-corrected chi connectivity index (χ4v) is 2.22. The molecule has 1 unspecified atom stereocenters. The first kappa shape index (κ1) is 13.7. The van der Waals surface area contributed by atoms with Crippen molar-refractivity contribution in [3.05, 3.63) is 17.7 Å². The van der Waals surface area contributed by atoms with E-state index in [0.717, 1.165) is 10.5 Å². The highest BCUT2D eigenvalue weighted by molar-refractivity contribution is 7.98. The molecular weight excluding hydrogens is 240 g/mol. The summed E-state index contributed by atoms with van der Waals surface area (Å²) in [5.74, 6) is -0.267. The van der Waals surface area contributed by atoms with Gasteiger partial charge in [-0.3, -0.25) is 4.79 Å². The van der Waals surface area contributed by atoms with Crippen LogP contribution in [-0.2, 0) is 4.79 Å². The van der Waals surface area contributed by atoms with Gasteiger partial charge in [0.1, 0.15) is 0 Å². The van der Waals surface area contributed by atoms with Gasteiger partial charge in [-0.25, -0.2) is 0 Å². The number of thioether (sulfide) groups is 1. The Morgan fingerprint density at radius 1 is 1.29 bits per heavy atom. The maximum Gasteiger partial charge on any atom is 0.310 e. The number of methoxy groups -OCH3 is 2. The van der Waals surface area contributed by atoms with Crippen molar-refractivity contribution in [2.24, 2.45) is 0 Å². The SMILES string of the molecule is COc1cc(SC)c(C(C)C(=O)O)cc1OC. The van der Waals surface area contributed by atoms with Gasteiger partial charge < -0.3 is 14.6 Å². The second-order valence-electron chi connectivity index (χ2n) is 3.51. The maximum atomic E-state index is 11.0. The predicted molar refractivity (Wildman–Crippen MR) is 67.4 cm³/mol. The zero-order valence-corrected chi connectivity index (χ0v) is 11.1. The average Bonchev–Trinajstić information content (AvgIpc) is 2.35. The lowest BCUT2D eigenvalue weighted by Gasteiger charge is -2.16. The molecule has 0 spiro atoms. The molecule has 1 rings (SSSR count). The highest BCUT2D eigenvalue weighted by atomic mass is 32.2. The topological polar surface area (TPSA) is 55.8 Å². The molecule has 0 radical (unpaired) electrons. The lowest BCUT2D eigenvalue weighted by Crippen LogP contribution is -2.09. The molecule has 94 valence electrons. The Bertz CT molecular complexity index is 417. The van der Waals surface area contributed by atoms with Crippen molar-refractivity contribution >= 4 is 17.7 Å². The molecular formula is C12H16O4S. The number of carbonyl (C=O) groups is 1. The zero-order valence-electron chi connectivity index (χ0n) is 10.3. The van der Waals surface area contributed by atoms with Gasteiger partial charge in [0.2, 0.25) is 0 Å². The molecule has 1 aromatic carbocycles.